The van der Waals surface area contributed by atoms with Gasteiger partial charge in [-0.15, -0.1) is 0 Å². The maximum Gasteiger partial charge on any atom is 0.472 e. The van der Waals surface area contributed by atoms with Crippen molar-refractivity contribution < 1.29 is 63.1 Å². The molecule has 0 aromatic heterocycles. The minimum absolute atomic E-state index is 0.0980. The summed E-state index contributed by atoms with van der Waals surface area (Å²) >= 11 is 0. The van der Waals surface area contributed by atoms with Crippen molar-refractivity contribution in [3.8, 4) is 0 Å². The molecule has 0 bridgehead atoms. The molecule has 1 rings (SSSR count). The highest BCUT2D eigenvalue weighted by molar-refractivity contribution is 7.47. The summed E-state index contributed by atoms with van der Waals surface area (Å²) < 4.78 is 33.8. The molecule has 0 radical (unpaired) electrons. The largest absolute Gasteiger partial charge is 0.472 e. The second-order valence-electron chi connectivity index (χ2n) is 20.9. The van der Waals surface area contributed by atoms with Crippen molar-refractivity contribution in [2.75, 3.05) is 13.2 Å². The summed E-state index contributed by atoms with van der Waals surface area (Å²) in [5.41, 5.74) is 0. The summed E-state index contributed by atoms with van der Waals surface area (Å²) in [7, 11) is -5.12. The number of phosphoric acid groups is 1. The first-order valence-corrected chi connectivity index (χ1v) is 31.1. The lowest BCUT2D eigenvalue weighted by molar-refractivity contribution is -0.220. The molecule has 0 amide bonds. The van der Waals surface area contributed by atoms with E-state index in [0.29, 0.717) is 12.8 Å². The van der Waals surface area contributed by atoms with Crippen LogP contribution >= 0.6 is 7.82 Å². The fraction of sp³-hybridized carbons (Fsp3) is 0.897. The molecule has 6 atom stereocenters. The molecule has 0 aromatic rings. The van der Waals surface area contributed by atoms with Crippen molar-refractivity contribution in [3.05, 3.63) is 24.3 Å². The number of rotatable bonds is 51. The van der Waals surface area contributed by atoms with E-state index in [4.69, 9.17) is 18.5 Å². The van der Waals surface area contributed by atoms with Crippen molar-refractivity contribution >= 4 is 19.8 Å². The third-order valence-electron chi connectivity index (χ3n) is 14.0. The second kappa shape index (κ2) is 47.8. The highest BCUT2D eigenvalue weighted by Crippen LogP contribution is 2.47. The van der Waals surface area contributed by atoms with Crippen LogP contribution in [0.1, 0.15) is 277 Å². The third-order valence-corrected chi connectivity index (χ3v) is 15.0. The molecular weight excluding hydrogens is 936 g/mol. The number of esters is 2. The van der Waals surface area contributed by atoms with Gasteiger partial charge >= 0.3 is 19.8 Å². The molecule has 72 heavy (non-hydrogen) atoms. The summed E-state index contributed by atoms with van der Waals surface area (Å²) in [5, 5.41) is 50.4. The van der Waals surface area contributed by atoms with Crippen LogP contribution in [0.15, 0.2) is 24.3 Å². The summed E-state index contributed by atoms with van der Waals surface area (Å²) in [4.78, 5) is 36.0. The SMILES string of the molecule is CCCCCCC/C=C\C/C=C\CCCCCCCCCCCCCC(=O)OC(COC(=O)CCCCCCCCCCCCCCCCCCCCCC)COP(=O)(O)OC1C(O)C(O)C(O)C(O)C1O. The number of hydrogen-bond acceptors (Lipinski definition) is 12. The number of phosphoric ester groups is 1. The molecule has 0 saturated heterocycles. The molecule has 0 heterocycles. The smallest absolute Gasteiger partial charge is 0.462 e. The van der Waals surface area contributed by atoms with Gasteiger partial charge in [-0.25, -0.2) is 4.57 Å². The molecule has 14 heteroatoms. The number of hydrogen-bond donors (Lipinski definition) is 6. The Morgan fingerprint density at radius 2 is 0.750 bits per heavy atom. The van der Waals surface area contributed by atoms with Crippen LogP contribution in [0, 0.1) is 0 Å². The Hall–Kier alpha value is -1.67. The quantitative estimate of drug-likeness (QED) is 0.0145. The number of carbonyl (C=O) groups excluding carboxylic acids is 2. The number of aliphatic hydroxyl groups is 5. The monoisotopic (exact) mass is 1040 g/mol. The van der Waals surface area contributed by atoms with Gasteiger partial charge in [-0.3, -0.25) is 18.6 Å². The highest BCUT2D eigenvalue weighted by atomic mass is 31.2. The lowest BCUT2D eigenvalue weighted by Crippen LogP contribution is -2.64. The Labute approximate surface area is 438 Å². The highest BCUT2D eigenvalue weighted by Gasteiger charge is 2.51. The number of allylic oxidation sites excluding steroid dienone is 4. The van der Waals surface area contributed by atoms with Gasteiger partial charge in [0.25, 0.3) is 0 Å². The molecule has 0 aromatic carbocycles. The molecule has 1 fully saturated rings. The topological polar surface area (TPSA) is 210 Å². The third kappa shape index (κ3) is 38.8. The molecule has 0 aliphatic heterocycles. The van der Waals surface area contributed by atoms with Crippen LogP contribution in [0.3, 0.4) is 0 Å². The van der Waals surface area contributed by atoms with Crippen molar-refractivity contribution in [2.24, 2.45) is 0 Å². The van der Waals surface area contributed by atoms with Gasteiger partial charge in [0.05, 0.1) is 6.61 Å². The van der Waals surface area contributed by atoms with E-state index in [0.717, 1.165) is 57.8 Å². The van der Waals surface area contributed by atoms with E-state index in [1.54, 1.807) is 0 Å². The van der Waals surface area contributed by atoms with E-state index < -0.39 is 75.7 Å². The van der Waals surface area contributed by atoms with Crippen LogP contribution < -0.4 is 0 Å². The standard InChI is InChI=1S/C58H109O13P/c1-3-5-7-9-11-13-15-17-19-21-23-25-26-27-29-31-33-35-37-39-41-43-45-47-52(60)70-50(49-69-72(66,67)71-58-56(64)54(62)53(61)55(63)57(58)65)48-68-51(59)46-44-42-40-38-36-34-32-30-28-24-22-20-18-16-14-12-10-8-6-4-2/h15,17,21,23,50,53-58,61-65H,3-14,16,18-20,22,24-49H2,1-2H3,(H,66,67)/b17-15-,23-21-. The Kier molecular flexibility index (Phi) is 45.3. The van der Waals surface area contributed by atoms with Gasteiger partial charge in [0.2, 0.25) is 0 Å². The van der Waals surface area contributed by atoms with Crippen LogP contribution in [0.4, 0.5) is 0 Å². The van der Waals surface area contributed by atoms with Gasteiger partial charge in [0.1, 0.15) is 43.2 Å². The maximum absolute atomic E-state index is 12.9. The van der Waals surface area contributed by atoms with Gasteiger partial charge in [-0.2, -0.15) is 0 Å². The molecule has 1 aliphatic carbocycles. The van der Waals surface area contributed by atoms with Crippen molar-refractivity contribution in [1.29, 1.82) is 0 Å². The fourth-order valence-electron chi connectivity index (χ4n) is 9.32. The zero-order valence-corrected chi connectivity index (χ0v) is 46.6. The van der Waals surface area contributed by atoms with E-state index in [1.807, 2.05) is 0 Å². The zero-order valence-electron chi connectivity index (χ0n) is 45.7. The number of ether oxygens (including phenoxy) is 2. The lowest BCUT2D eigenvalue weighted by Gasteiger charge is -2.41. The number of aliphatic hydroxyl groups excluding tert-OH is 5. The van der Waals surface area contributed by atoms with Crippen LogP contribution in [-0.4, -0.2) is 98.3 Å². The van der Waals surface area contributed by atoms with Gasteiger partial charge in [-0.1, -0.05) is 244 Å². The molecule has 424 valence electrons. The van der Waals surface area contributed by atoms with E-state index in [9.17, 15) is 44.6 Å². The summed E-state index contributed by atoms with van der Waals surface area (Å²) in [6.45, 7) is 3.35. The predicted molar refractivity (Wildman–Crippen MR) is 290 cm³/mol. The Morgan fingerprint density at radius 3 is 1.12 bits per heavy atom. The molecule has 13 nitrogen and oxygen atoms in total. The minimum atomic E-state index is -5.12. The van der Waals surface area contributed by atoms with Gasteiger partial charge in [-0.05, 0) is 44.9 Å². The average molecular weight is 1050 g/mol. The second-order valence-corrected chi connectivity index (χ2v) is 22.3. The number of unbranched alkanes of at least 4 members (excludes halogenated alkanes) is 35. The lowest BCUT2D eigenvalue weighted by atomic mass is 9.85. The Bertz CT molecular complexity index is 1350. The van der Waals surface area contributed by atoms with Gasteiger partial charge in [0, 0.05) is 12.8 Å². The van der Waals surface area contributed by atoms with E-state index in [1.165, 1.54) is 180 Å². The van der Waals surface area contributed by atoms with Crippen molar-refractivity contribution in [2.45, 2.75) is 320 Å². The maximum atomic E-state index is 12.9. The Morgan fingerprint density at radius 1 is 0.431 bits per heavy atom. The average Bonchev–Trinajstić information content (AvgIpc) is 3.36. The normalized spacial score (nSPS) is 20.6. The summed E-state index contributed by atoms with van der Waals surface area (Å²) in [6.07, 6.45) is 43.6. The van der Waals surface area contributed by atoms with Crippen LogP contribution in [0.25, 0.3) is 0 Å². The molecule has 1 aliphatic rings. The first kappa shape index (κ1) is 68.3. The van der Waals surface area contributed by atoms with E-state index in [2.05, 4.69) is 38.2 Å². The van der Waals surface area contributed by atoms with Gasteiger partial charge < -0.3 is 39.9 Å². The first-order chi connectivity index (χ1) is 34.9. The van der Waals surface area contributed by atoms with E-state index in [-0.39, 0.29) is 12.8 Å². The molecule has 6 unspecified atom stereocenters. The van der Waals surface area contributed by atoms with Gasteiger partial charge in [0.15, 0.2) is 6.10 Å². The molecule has 0 spiro atoms. The fourth-order valence-corrected chi connectivity index (χ4v) is 10.3. The molecule has 6 N–H and O–H groups in total. The van der Waals surface area contributed by atoms with Crippen LogP contribution in [0.2, 0.25) is 0 Å². The number of carbonyl (C=O) groups is 2. The zero-order chi connectivity index (χ0) is 52.8. The van der Waals surface area contributed by atoms with Crippen molar-refractivity contribution in [3.63, 3.8) is 0 Å². The summed E-state index contributed by atoms with van der Waals surface area (Å²) in [6, 6.07) is 0. The van der Waals surface area contributed by atoms with Crippen molar-refractivity contribution in [1.82, 2.24) is 0 Å². The molecule has 1 saturated carbocycles. The Balaban J connectivity index is 2.31. The van der Waals surface area contributed by atoms with Crippen LogP contribution in [0.5, 0.6) is 0 Å². The summed E-state index contributed by atoms with van der Waals surface area (Å²) in [5.74, 6) is -1.08. The minimum Gasteiger partial charge on any atom is -0.462 e. The van der Waals surface area contributed by atoms with E-state index >= 15 is 0 Å². The first-order valence-electron chi connectivity index (χ1n) is 29.6. The van der Waals surface area contributed by atoms with Crippen LogP contribution in [-0.2, 0) is 32.7 Å². The molecular formula is C58H109O13P. The predicted octanol–water partition coefficient (Wildman–Crippen LogP) is 13.9.